The lowest BCUT2D eigenvalue weighted by atomic mass is 9.92. The minimum absolute atomic E-state index is 0.0926. The van der Waals surface area contributed by atoms with Crippen LogP contribution in [0.15, 0.2) is 66.6 Å². The third-order valence-electron chi connectivity index (χ3n) is 5.56. The number of benzene rings is 2. The Morgan fingerprint density at radius 2 is 2.10 bits per heavy atom. The van der Waals surface area contributed by atoms with Gasteiger partial charge in [0, 0.05) is 60.1 Å². The minimum Gasteiger partial charge on any atom is -0.401 e. The van der Waals surface area contributed by atoms with Crippen LogP contribution >= 0.6 is 0 Å². The Morgan fingerprint density at radius 1 is 1.23 bits per heavy atom. The number of nitrogens with two attached hydrogens (primary N) is 1. The standard InChI is InChI=1S/C25H28N6/c1-16(27)25-21-7-5-17(19(14-26)15-28-2)13-22(21)24(9-11-30-25)31-20-6-8-23-18(12-20)4-3-10-29-23/h3-8,10,12-15,24,26,28,30-31H,9,11,27H2,1-2H3/b19-15+,25-16-,26-14?. The molecule has 1 unspecified atom stereocenters. The summed E-state index contributed by atoms with van der Waals surface area (Å²) in [4.78, 5) is 4.42. The van der Waals surface area contributed by atoms with Gasteiger partial charge >= 0.3 is 0 Å². The number of hydrogen-bond acceptors (Lipinski definition) is 6. The fraction of sp³-hybridized carbons (Fsp3) is 0.200. The SMILES string of the molecule is CN/C=C(\C=N)c1ccc2c(c1)C(Nc1ccc3ncccc3c1)CCN/C2=C(/C)N. The van der Waals surface area contributed by atoms with Crippen molar-refractivity contribution < 1.29 is 0 Å². The molecule has 0 saturated heterocycles. The first-order chi connectivity index (χ1) is 15.1. The highest BCUT2D eigenvalue weighted by Gasteiger charge is 2.23. The summed E-state index contributed by atoms with van der Waals surface area (Å²) in [7, 11) is 1.84. The first-order valence-electron chi connectivity index (χ1n) is 10.4. The van der Waals surface area contributed by atoms with Crippen molar-refractivity contribution in [1.82, 2.24) is 15.6 Å². The number of anilines is 1. The summed E-state index contributed by atoms with van der Waals surface area (Å²) in [6, 6.07) is 16.7. The average Bonchev–Trinajstić information content (AvgIpc) is 2.96. The van der Waals surface area contributed by atoms with Crippen LogP contribution in [-0.4, -0.2) is 24.8 Å². The van der Waals surface area contributed by atoms with Crippen molar-refractivity contribution in [3.8, 4) is 0 Å². The minimum atomic E-state index is 0.0926. The lowest BCUT2D eigenvalue weighted by Gasteiger charge is -2.22. The van der Waals surface area contributed by atoms with Crippen molar-refractivity contribution in [2.45, 2.75) is 19.4 Å². The van der Waals surface area contributed by atoms with Crippen molar-refractivity contribution in [2.24, 2.45) is 5.73 Å². The van der Waals surface area contributed by atoms with Gasteiger partial charge in [-0.15, -0.1) is 0 Å². The van der Waals surface area contributed by atoms with E-state index in [1.54, 1.807) is 0 Å². The lowest BCUT2D eigenvalue weighted by Crippen LogP contribution is -2.16. The van der Waals surface area contributed by atoms with E-state index in [1.807, 2.05) is 44.6 Å². The van der Waals surface area contributed by atoms with Crippen molar-refractivity contribution in [2.75, 3.05) is 18.9 Å². The van der Waals surface area contributed by atoms with Crippen molar-refractivity contribution >= 4 is 34.1 Å². The van der Waals surface area contributed by atoms with Crippen LogP contribution in [0.4, 0.5) is 5.69 Å². The van der Waals surface area contributed by atoms with Gasteiger partial charge in [0.1, 0.15) is 0 Å². The maximum atomic E-state index is 7.80. The summed E-state index contributed by atoms with van der Waals surface area (Å²) in [5, 5.41) is 19.2. The van der Waals surface area contributed by atoms with Gasteiger partial charge in [0.25, 0.3) is 0 Å². The van der Waals surface area contributed by atoms with Gasteiger partial charge < -0.3 is 27.1 Å². The summed E-state index contributed by atoms with van der Waals surface area (Å²) in [5.74, 6) is 0. The highest BCUT2D eigenvalue weighted by Crippen LogP contribution is 2.34. The van der Waals surface area contributed by atoms with Gasteiger partial charge in [-0.1, -0.05) is 18.2 Å². The van der Waals surface area contributed by atoms with E-state index in [0.717, 1.165) is 63.2 Å². The van der Waals surface area contributed by atoms with E-state index >= 15 is 0 Å². The molecule has 6 nitrogen and oxygen atoms in total. The van der Waals surface area contributed by atoms with Crippen molar-refractivity contribution in [1.29, 1.82) is 5.41 Å². The molecule has 1 atom stereocenters. The Kier molecular flexibility index (Phi) is 5.89. The Morgan fingerprint density at radius 3 is 2.87 bits per heavy atom. The molecule has 4 rings (SSSR count). The summed E-state index contributed by atoms with van der Waals surface area (Å²) >= 11 is 0. The van der Waals surface area contributed by atoms with Crippen molar-refractivity contribution in [3.63, 3.8) is 0 Å². The van der Waals surface area contributed by atoms with Gasteiger partial charge in [-0.05, 0) is 54.8 Å². The fourth-order valence-electron chi connectivity index (χ4n) is 4.08. The van der Waals surface area contributed by atoms with Crippen LogP contribution in [0, 0.1) is 5.41 Å². The second-order valence-corrected chi connectivity index (χ2v) is 7.72. The first kappa shape index (κ1) is 20.5. The molecule has 6 heteroatoms. The maximum Gasteiger partial charge on any atom is 0.0703 e. The summed E-state index contributed by atoms with van der Waals surface area (Å²) in [6.45, 7) is 2.73. The van der Waals surface area contributed by atoms with Gasteiger partial charge in [-0.2, -0.15) is 0 Å². The molecule has 0 fully saturated rings. The van der Waals surface area contributed by atoms with E-state index < -0.39 is 0 Å². The van der Waals surface area contributed by atoms with Gasteiger partial charge in [0.2, 0.25) is 0 Å². The van der Waals surface area contributed by atoms with E-state index in [1.165, 1.54) is 6.21 Å². The van der Waals surface area contributed by atoms with Crippen LogP contribution in [-0.2, 0) is 0 Å². The maximum absolute atomic E-state index is 7.80. The highest BCUT2D eigenvalue weighted by atomic mass is 15.0. The zero-order valence-electron chi connectivity index (χ0n) is 17.9. The van der Waals surface area contributed by atoms with E-state index in [0.29, 0.717) is 0 Å². The molecule has 158 valence electrons. The second kappa shape index (κ2) is 8.92. The van der Waals surface area contributed by atoms with Gasteiger partial charge in [0.05, 0.1) is 17.3 Å². The van der Waals surface area contributed by atoms with Crippen molar-refractivity contribution in [3.05, 3.63) is 83.3 Å². The molecule has 1 aromatic heterocycles. The van der Waals surface area contributed by atoms with Gasteiger partial charge in [0.15, 0.2) is 0 Å². The van der Waals surface area contributed by atoms with Crippen LogP contribution in [0.2, 0.25) is 0 Å². The van der Waals surface area contributed by atoms with Crippen LogP contribution in [0.3, 0.4) is 0 Å². The van der Waals surface area contributed by atoms with Crippen LogP contribution in [0.25, 0.3) is 22.2 Å². The third-order valence-corrected chi connectivity index (χ3v) is 5.56. The number of aromatic nitrogens is 1. The molecule has 31 heavy (non-hydrogen) atoms. The number of pyridine rings is 1. The van der Waals surface area contributed by atoms with Crippen LogP contribution < -0.4 is 21.7 Å². The summed E-state index contributed by atoms with van der Waals surface area (Å²) in [5.41, 5.74) is 14.1. The number of rotatable bonds is 5. The zero-order valence-corrected chi connectivity index (χ0v) is 17.9. The number of nitrogens with one attached hydrogen (secondary N) is 4. The molecular formula is C25H28N6. The zero-order chi connectivity index (χ0) is 21.8. The Labute approximate surface area is 182 Å². The molecule has 0 bridgehead atoms. The van der Waals surface area contributed by atoms with Gasteiger partial charge in [-0.25, -0.2) is 0 Å². The van der Waals surface area contributed by atoms with E-state index in [4.69, 9.17) is 11.1 Å². The molecule has 0 saturated carbocycles. The van der Waals surface area contributed by atoms with Gasteiger partial charge in [-0.3, -0.25) is 4.98 Å². The Balaban J connectivity index is 1.79. The molecule has 6 N–H and O–H groups in total. The molecule has 1 aliphatic rings. The second-order valence-electron chi connectivity index (χ2n) is 7.72. The van der Waals surface area contributed by atoms with E-state index in [-0.39, 0.29) is 6.04 Å². The third kappa shape index (κ3) is 4.23. The van der Waals surface area contributed by atoms with Crippen LogP contribution in [0.1, 0.15) is 36.1 Å². The van der Waals surface area contributed by atoms with Crippen LogP contribution in [0.5, 0.6) is 0 Å². The first-order valence-corrected chi connectivity index (χ1v) is 10.4. The number of hydrogen-bond donors (Lipinski definition) is 5. The molecular weight excluding hydrogens is 384 g/mol. The summed E-state index contributed by atoms with van der Waals surface area (Å²) < 4.78 is 0. The molecule has 1 aliphatic heterocycles. The smallest absolute Gasteiger partial charge is 0.0703 e. The molecule has 0 spiro atoms. The fourth-order valence-corrected chi connectivity index (χ4v) is 4.08. The predicted molar refractivity (Wildman–Crippen MR) is 130 cm³/mol. The number of fused-ring (bicyclic) bond motifs is 2. The predicted octanol–water partition coefficient (Wildman–Crippen LogP) is 4.24. The average molecular weight is 413 g/mol. The molecule has 2 heterocycles. The Bertz CT molecular complexity index is 1170. The van der Waals surface area contributed by atoms with E-state index in [9.17, 15) is 0 Å². The monoisotopic (exact) mass is 412 g/mol. The normalized spacial score (nSPS) is 17.9. The highest BCUT2D eigenvalue weighted by molar-refractivity contribution is 6.08. The van der Waals surface area contributed by atoms with E-state index in [2.05, 4.69) is 51.3 Å². The molecule has 2 aromatic carbocycles. The quantitative estimate of drug-likeness (QED) is 0.404. The largest absolute Gasteiger partial charge is 0.401 e. The molecule has 3 aromatic rings. The summed E-state index contributed by atoms with van der Waals surface area (Å²) in [6.07, 6.45) is 5.92. The number of nitrogens with zero attached hydrogens (tertiary/aromatic N) is 1. The molecule has 0 amide bonds. The topological polar surface area (TPSA) is 98.8 Å². The lowest BCUT2D eigenvalue weighted by molar-refractivity contribution is 0.683. The number of allylic oxidation sites excluding steroid dienone is 2. The molecule has 0 radical (unpaired) electrons. The Hall–Kier alpha value is -3.80. The molecule has 0 aliphatic carbocycles.